The van der Waals surface area contributed by atoms with Gasteiger partial charge in [-0.3, -0.25) is 0 Å². The van der Waals surface area contributed by atoms with E-state index in [1.807, 2.05) is 19.1 Å². The zero-order chi connectivity index (χ0) is 10.4. The third-order valence-corrected chi connectivity index (χ3v) is 3.05. The standard InChI is InChI=1S/C12H17BrO/c1-3-7-11(13)10-8-5-6-9-12(10)14-4-2/h5-6,8-9,11H,3-4,7H2,1-2H3. The normalized spacial score (nSPS) is 12.5. The van der Waals surface area contributed by atoms with Crippen LogP contribution < -0.4 is 4.74 Å². The Bertz CT molecular complexity index is 273. The van der Waals surface area contributed by atoms with Crippen LogP contribution in [0.4, 0.5) is 0 Å². The van der Waals surface area contributed by atoms with Crippen molar-refractivity contribution in [2.24, 2.45) is 0 Å². The lowest BCUT2D eigenvalue weighted by molar-refractivity contribution is 0.336. The van der Waals surface area contributed by atoms with Crippen LogP contribution in [0.1, 0.15) is 37.1 Å². The molecule has 0 amide bonds. The van der Waals surface area contributed by atoms with Crippen molar-refractivity contribution in [1.82, 2.24) is 0 Å². The molecule has 14 heavy (non-hydrogen) atoms. The second-order valence-electron chi connectivity index (χ2n) is 3.23. The Morgan fingerprint density at radius 3 is 2.64 bits per heavy atom. The zero-order valence-corrected chi connectivity index (χ0v) is 10.4. The first-order valence-corrected chi connectivity index (χ1v) is 6.07. The number of para-hydroxylation sites is 1. The molecular weight excluding hydrogens is 240 g/mol. The minimum atomic E-state index is 0.412. The van der Waals surface area contributed by atoms with E-state index in [1.165, 1.54) is 12.0 Å². The molecular formula is C12H17BrO. The quantitative estimate of drug-likeness (QED) is 0.714. The Morgan fingerprint density at radius 2 is 2.00 bits per heavy atom. The monoisotopic (exact) mass is 256 g/mol. The zero-order valence-electron chi connectivity index (χ0n) is 8.79. The first-order chi connectivity index (χ1) is 6.79. The molecule has 0 aliphatic rings. The lowest BCUT2D eigenvalue weighted by Gasteiger charge is -2.14. The smallest absolute Gasteiger partial charge is 0.123 e. The third-order valence-electron chi connectivity index (χ3n) is 2.10. The first kappa shape index (κ1) is 11.6. The number of rotatable bonds is 5. The van der Waals surface area contributed by atoms with Crippen LogP contribution in [-0.2, 0) is 0 Å². The molecule has 0 saturated carbocycles. The molecule has 1 rings (SSSR count). The van der Waals surface area contributed by atoms with Gasteiger partial charge in [0, 0.05) is 10.4 Å². The summed E-state index contributed by atoms with van der Waals surface area (Å²) in [5.41, 5.74) is 1.26. The summed E-state index contributed by atoms with van der Waals surface area (Å²) in [5, 5.41) is 0. The summed E-state index contributed by atoms with van der Waals surface area (Å²) in [7, 11) is 0. The van der Waals surface area contributed by atoms with Crippen molar-refractivity contribution in [2.45, 2.75) is 31.5 Å². The van der Waals surface area contributed by atoms with Crippen LogP contribution in [0.2, 0.25) is 0 Å². The maximum Gasteiger partial charge on any atom is 0.123 e. The van der Waals surface area contributed by atoms with E-state index in [9.17, 15) is 0 Å². The van der Waals surface area contributed by atoms with Gasteiger partial charge in [-0.2, -0.15) is 0 Å². The Morgan fingerprint density at radius 1 is 1.29 bits per heavy atom. The van der Waals surface area contributed by atoms with E-state index in [0.717, 1.165) is 18.8 Å². The minimum Gasteiger partial charge on any atom is -0.494 e. The predicted molar refractivity (Wildman–Crippen MR) is 64.2 cm³/mol. The van der Waals surface area contributed by atoms with Gasteiger partial charge in [-0.15, -0.1) is 0 Å². The summed E-state index contributed by atoms with van der Waals surface area (Å²) >= 11 is 3.69. The fourth-order valence-corrected chi connectivity index (χ4v) is 2.27. The summed E-state index contributed by atoms with van der Waals surface area (Å²) in [4.78, 5) is 0.412. The summed E-state index contributed by atoms with van der Waals surface area (Å²) in [5.74, 6) is 1.00. The Kier molecular flexibility index (Phi) is 5.02. The van der Waals surface area contributed by atoms with Gasteiger partial charge in [0.1, 0.15) is 5.75 Å². The molecule has 0 radical (unpaired) electrons. The maximum atomic E-state index is 5.57. The van der Waals surface area contributed by atoms with Gasteiger partial charge >= 0.3 is 0 Å². The highest BCUT2D eigenvalue weighted by atomic mass is 79.9. The van der Waals surface area contributed by atoms with Crippen LogP contribution in [0.3, 0.4) is 0 Å². The predicted octanol–water partition coefficient (Wildman–Crippen LogP) is 4.32. The first-order valence-electron chi connectivity index (χ1n) is 5.15. The molecule has 0 aliphatic heterocycles. The van der Waals surface area contributed by atoms with Crippen molar-refractivity contribution >= 4 is 15.9 Å². The van der Waals surface area contributed by atoms with E-state index in [-0.39, 0.29) is 0 Å². The van der Waals surface area contributed by atoms with Gasteiger partial charge in [-0.05, 0) is 19.4 Å². The maximum absolute atomic E-state index is 5.57. The van der Waals surface area contributed by atoms with Crippen molar-refractivity contribution < 1.29 is 4.74 Å². The fourth-order valence-electron chi connectivity index (χ4n) is 1.44. The highest BCUT2D eigenvalue weighted by Crippen LogP contribution is 2.34. The topological polar surface area (TPSA) is 9.23 Å². The second-order valence-corrected chi connectivity index (χ2v) is 4.33. The van der Waals surface area contributed by atoms with Crippen LogP contribution in [0, 0.1) is 0 Å². The molecule has 0 fully saturated rings. The average molecular weight is 257 g/mol. The minimum absolute atomic E-state index is 0.412. The molecule has 1 atom stereocenters. The molecule has 2 heteroatoms. The molecule has 1 unspecified atom stereocenters. The van der Waals surface area contributed by atoms with Gasteiger partial charge in [0.15, 0.2) is 0 Å². The van der Waals surface area contributed by atoms with Crippen LogP contribution in [0.5, 0.6) is 5.75 Å². The Labute approximate surface area is 94.6 Å². The van der Waals surface area contributed by atoms with Crippen LogP contribution in [0.15, 0.2) is 24.3 Å². The van der Waals surface area contributed by atoms with Crippen LogP contribution >= 0.6 is 15.9 Å². The molecule has 78 valence electrons. The van der Waals surface area contributed by atoms with Crippen molar-refractivity contribution in [1.29, 1.82) is 0 Å². The van der Waals surface area contributed by atoms with Crippen molar-refractivity contribution in [3.63, 3.8) is 0 Å². The molecule has 0 heterocycles. The number of hydrogen-bond acceptors (Lipinski definition) is 1. The molecule has 0 saturated heterocycles. The summed E-state index contributed by atoms with van der Waals surface area (Å²) in [6.45, 7) is 4.93. The molecule has 0 spiro atoms. The number of ether oxygens (including phenoxy) is 1. The van der Waals surface area contributed by atoms with Crippen LogP contribution in [0.25, 0.3) is 0 Å². The molecule has 0 bridgehead atoms. The Hall–Kier alpha value is -0.500. The van der Waals surface area contributed by atoms with E-state index >= 15 is 0 Å². The molecule has 0 aromatic heterocycles. The fraction of sp³-hybridized carbons (Fsp3) is 0.500. The van der Waals surface area contributed by atoms with E-state index in [0.29, 0.717) is 4.83 Å². The van der Waals surface area contributed by atoms with Gasteiger partial charge in [0.2, 0.25) is 0 Å². The van der Waals surface area contributed by atoms with Gasteiger partial charge < -0.3 is 4.74 Å². The van der Waals surface area contributed by atoms with Crippen LogP contribution in [-0.4, -0.2) is 6.61 Å². The Balaban J connectivity index is 2.82. The SMILES string of the molecule is CCCC(Br)c1ccccc1OCC. The van der Waals surface area contributed by atoms with Crippen molar-refractivity contribution in [2.75, 3.05) is 6.61 Å². The highest BCUT2D eigenvalue weighted by molar-refractivity contribution is 9.09. The highest BCUT2D eigenvalue weighted by Gasteiger charge is 2.11. The summed E-state index contributed by atoms with van der Waals surface area (Å²) in [6.07, 6.45) is 2.32. The second kappa shape index (κ2) is 6.07. The lowest BCUT2D eigenvalue weighted by atomic mass is 10.1. The number of benzene rings is 1. The van der Waals surface area contributed by atoms with Gasteiger partial charge in [-0.1, -0.05) is 47.5 Å². The number of alkyl halides is 1. The summed E-state index contributed by atoms with van der Waals surface area (Å²) in [6, 6.07) is 8.23. The van der Waals surface area contributed by atoms with Gasteiger partial charge in [-0.25, -0.2) is 0 Å². The van der Waals surface area contributed by atoms with E-state index in [1.54, 1.807) is 0 Å². The summed E-state index contributed by atoms with van der Waals surface area (Å²) < 4.78 is 5.57. The molecule has 0 aliphatic carbocycles. The van der Waals surface area contributed by atoms with Gasteiger partial charge in [0.25, 0.3) is 0 Å². The van der Waals surface area contributed by atoms with Crippen molar-refractivity contribution in [3.05, 3.63) is 29.8 Å². The molecule has 0 N–H and O–H groups in total. The average Bonchev–Trinajstić information content (AvgIpc) is 2.19. The molecule has 1 nitrogen and oxygen atoms in total. The van der Waals surface area contributed by atoms with Gasteiger partial charge in [0.05, 0.1) is 6.61 Å². The third kappa shape index (κ3) is 3.02. The molecule has 1 aromatic carbocycles. The number of hydrogen-bond donors (Lipinski definition) is 0. The largest absolute Gasteiger partial charge is 0.494 e. The van der Waals surface area contributed by atoms with E-state index < -0.39 is 0 Å². The van der Waals surface area contributed by atoms with E-state index in [4.69, 9.17) is 4.74 Å². The number of halogens is 1. The van der Waals surface area contributed by atoms with E-state index in [2.05, 4.69) is 35.0 Å². The molecule has 1 aromatic rings. The lowest BCUT2D eigenvalue weighted by Crippen LogP contribution is -1.98. The van der Waals surface area contributed by atoms with Crippen molar-refractivity contribution in [3.8, 4) is 5.75 Å².